The smallest absolute Gasteiger partial charge is 0.157 e. The molecule has 96 valence electrons. The molecule has 0 saturated heterocycles. The lowest BCUT2D eigenvalue weighted by Gasteiger charge is -2.23. The Morgan fingerprint density at radius 3 is 2.78 bits per heavy atom. The molecule has 0 spiro atoms. The number of aliphatic imine (C=N–C) groups is 1. The number of hydrogen-bond acceptors (Lipinski definition) is 3. The van der Waals surface area contributed by atoms with E-state index in [2.05, 4.69) is 36.5 Å². The fourth-order valence-electron chi connectivity index (χ4n) is 2.70. The van der Waals surface area contributed by atoms with Crippen molar-refractivity contribution < 1.29 is 0 Å². The number of thioether (sulfide) groups is 1. The number of nitrogens with zero attached hydrogens (tertiary/aromatic N) is 1. The SMILES string of the molecule is Cc1ccc(CSC2=N[C@H]3CCCC[C@@H]3N2)cc1. The summed E-state index contributed by atoms with van der Waals surface area (Å²) >= 11 is 1.85. The Bertz CT molecular complexity index is 438. The summed E-state index contributed by atoms with van der Waals surface area (Å²) in [5.74, 6) is 1.02. The van der Waals surface area contributed by atoms with Gasteiger partial charge in [0.05, 0.1) is 12.1 Å². The van der Waals surface area contributed by atoms with Crippen LogP contribution in [0.15, 0.2) is 29.3 Å². The first-order valence-corrected chi connectivity index (χ1v) is 7.82. The van der Waals surface area contributed by atoms with Gasteiger partial charge < -0.3 is 5.32 Å². The van der Waals surface area contributed by atoms with E-state index in [1.54, 1.807) is 0 Å². The van der Waals surface area contributed by atoms with Crippen molar-refractivity contribution in [3.8, 4) is 0 Å². The molecule has 18 heavy (non-hydrogen) atoms. The molecule has 1 aliphatic carbocycles. The Morgan fingerprint density at radius 1 is 1.22 bits per heavy atom. The number of benzene rings is 1. The van der Waals surface area contributed by atoms with Crippen LogP contribution in [0.3, 0.4) is 0 Å². The monoisotopic (exact) mass is 260 g/mol. The van der Waals surface area contributed by atoms with Crippen molar-refractivity contribution in [3.05, 3.63) is 35.4 Å². The average Bonchev–Trinajstić information content (AvgIpc) is 2.81. The van der Waals surface area contributed by atoms with E-state index < -0.39 is 0 Å². The maximum Gasteiger partial charge on any atom is 0.157 e. The molecule has 0 aromatic heterocycles. The van der Waals surface area contributed by atoms with Crippen molar-refractivity contribution in [1.29, 1.82) is 0 Å². The topological polar surface area (TPSA) is 24.4 Å². The third-order valence-corrected chi connectivity index (χ3v) is 4.79. The minimum Gasteiger partial charge on any atom is -0.360 e. The molecule has 1 aliphatic heterocycles. The zero-order valence-corrected chi connectivity index (χ0v) is 11.7. The van der Waals surface area contributed by atoms with E-state index in [-0.39, 0.29) is 0 Å². The maximum atomic E-state index is 4.81. The lowest BCUT2D eigenvalue weighted by atomic mass is 9.92. The number of nitrogens with one attached hydrogen (secondary N) is 1. The predicted octanol–water partition coefficient (Wildman–Crippen LogP) is 3.50. The molecule has 1 saturated carbocycles. The van der Waals surface area contributed by atoms with E-state index in [0.717, 1.165) is 10.9 Å². The highest BCUT2D eigenvalue weighted by Crippen LogP contribution is 2.27. The largest absolute Gasteiger partial charge is 0.360 e. The molecule has 1 heterocycles. The Morgan fingerprint density at radius 2 is 2.00 bits per heavy atom. The molecule has 2 aliphatic rings. The van der Waals surface area contributed by atoms with Crippen molar-refractivity contribution in [2.24, 2.45) is 4.99 Å². The number of amidine groups is 1. The van der Waals surface area contributed by atoms with Crippen LogP contribution in [0.5, 0.6) is 0 Å². The minimum atomic E-state index is 0.555. The zero-order valence-electron chi connectivity index (χ0n) is 10.9. The Kier molecular flexibility index (Phi) is 3.59. The van der Waals surface area contributed by atoms with Crippen LogP contribution in [0, 0.1) is 6.92 Å². The minimum absolute atomic E-state index is 0.555. The van der Waals surface area contributed by atoms with Gasteiger partial charge in [0, 0.05) is 5.75 Å². The first-order valence-electron chi connectivity index (χ1n) is 6.84. The van der Waals surface area contributed by atoms with Gasteiger partial charge in [-0.1, -0.05) is 54.4 Å². The van der Waals surface area contributed by atoms with Crippen molar-refractivity contribution >= 4 is 16.9 Å². The Balaban J connectivity index is 1.56. The van der Waals surface area contributed by atoms with Crippen LogP contribution in [0.4, 0.5) is 0 Å². The summed E-state index contributed by atoms with van der Waals surface area (Å²) in [5, 5.41) is 4.75. The van der Waals surface area contributed by atoms with Crippen LogP contribution < -0.4 is 5.32 Å². The van der Waals surface area contributed by atoms with Crippen LogP contribution >= 0.6 is 11.8 Å². The highest BCUT2D eigenvalue weighted by atomic mass is 32.2. The summed E-state index contributed by atoms with van der Waals surface area (Å²) in [4.78, 5) is 4.81. The summed E-state index contributed by atoms with van der Waals surface area (Å²) in [6.45, 7) is 2.13. The van der Waals surface area contributed by atoms with Crippen LogP contribution in [0.25, 0.3) is 0 Å². The van der Waals surface area contributed by atoms with E-state index in [1.165, 1.54) is 36.8 Å². The highest BCUT2D eigenvalue weighted by Gasteiger charge is 2.30. The normalized spacial score (nSPS) is 26.4. The molecule has 1 aromatic rings. The molecule has 1 aromatic carbocycles. The fourth-order valence-corrected chi connectivity index (χ4v) is 3.64. The second-order valence-corrected chi connectivity index (χ2v) is 6.28. The van der Waals surface area contributed by atoms with Crippen molar-refractivity contribution in [1.82, 2.24) is 5.32 Å². The third kappa shape index (κ3) is 2.72. The molecule has 0 radical (unpaired) electrons. The molecule has 0 bridgehead atoms. The Hall–Kier alpha value is -0.960. The van der Waals surface area contributed by atoms with Crippen molar-refractivity contribution in [2.75, 3.05) is 0 Å². The number of fused-ring (bicyclic) bond motifs is 1. The molecular formula is C15H20N2S. The van der Waals surface area contributed by atoms with Gasteiger partial charge in [0.1, 0.15) is 0 Å². The quantitative estimate of drug-likeness (QED) is 0.880. The summed E-state index contributed by atoms with van der Waals surface area (Å²) in [7, 11) is 0. The van der Waals surface area contributed by atoms with Crippen LogP contribution in [-0.2, 0) is 5.75 Å². The van der Waals surface area contributed by atoms with Crippen LogP contribution in [-0.4, -0.2) is 17.3 Å². The molecule has 0 amide bonds. The lowest BCUT2D eigenvalue weighted by molar-refractivity contribution is 0.385. The van der Waals surface area contributed by atoms with Crippen LogP contribution in [0.1, 0.15) is 36.8 Å². The molecule has 2 nitrogen and oxygen atoms in total. The average molecular weight is 260 g/mol. The second-order valence-electron chi connectivity index (χ2n) is 5.31. The van der Waals surface area contributed by atoms with Crippen LogP contribution in [0.2, 0.25) is 0 Å². The fraction of sp³-hybridized carbons (Fsp3) is 0.533. The van der Waals surface area contributed by atoms with Gasteiger partial charge in [0.25, 0.3) is 0 Å². The van der Waals surface area contributed by atoms with Gasteiger partial charge in [-0.25, -0.2) is 0 Å². The number of aryl methyl sites for hydroxylation is 1. The van der Waals surface area contributed by atoms with E-state index in [0.29, 0.717) is 12.1 Å². The first-order chi connectivity index (χ1) is 8.81. The molecule has 0 unspecified atom stereocenters. The van der Waals surface area contributed by atoms with Gasteiger partial charge in [0.15, 0.2) is 5.17 Å². The summed E-state index contributed by atoms with van der Waals surface area (Å²) in [5.41, 5.74) is 2.70. The standard InChI is InChI=1S/C15H20N2S/c1-11-6-8-12(9-7-11)10-18-15-16-13-4-2-3-5-14(13)17-15/h6-9,13-14H,2-5,10H2,1H3,(H,16,17)/t13-,14-/m0/s1. The molecule has 2 atom stereocenters. The van der Waals surface area contributed by atoms with E-state index >= 15 is 0 Å². The molecule has 3 heteroatoms. The Labute approximate surface area is 113 Å². The van der Waals surface area contributed by atoms with E-state index in [1.807, 2.05) is 11.8 Å². The zero-order chi connectivity index (χ0) is 12.4. The number of rotatable bonds is 2. The summed E-state index contributed by atoms with van der Waals surface area (Å²) < 4.78 is 0. The van der Waals surface area contributed by atoms with Gasteiger partial charge in [-0.3, -0.25) is 4.99 Å². The molecule has 3 rings (SSSR count). The van der Waals surface area contributed by atoms with Crippen molar-refractivity contribution in [2.45, 2.75) is 50.4 Å². The number of hydrogen-bond donors (Lipinski definition) is 1. The summed E-state index contributed by atoms with van der Waals surface area (Å²) in [6.07, 6.45) is 5.27. The van der Waals surface area contributed by atoms with Gasteiger partial charge in [0.2, 0.25) is 0 Å². The predicted molar refractivity (Wildman–Crippen MR) is 79.1 cm³/mol. The van der Waals surface area contributed by atoms with E-state index in [9.17, 15) is 0 Å². The molecule has 1 N–H and O–H groups in total. The van der Waals surface area contributed by atoms with Gasteiger partial charge in [-0.05, 0) is 25.3 Å². The van der Waals surface area contributed by atoms with Gasteiger partial charge in [-0.15, -0.1) is 0 Å². The van der Waals surface area contributed by atoms with Gasteiger partial charge >= 0.3 is 0 Å². The first kappa shape index (κ1) is 12.1. The molecular weight excluding hydrogens is 240 g/mol. The summed E-state index contributed by atoms with van der Waals surface area (Å²) in [6, 6.07) is 9.97. The lowest BCUT2D eigenvalue weighted by Crippen LogP contribution is -2.36. The maximum absolute atomic E-state index is 4.81. The van der Waals surface area contributed by atoms with E-state index in [4.69, 9.17) is 4.99 Å². The molecule has 1 fully saturated rings. The van der Waals surface area contributed by atoms with Crippen molar-refractivity contribution in [3.63, 3.8) is 0 Å². The third-order valence-electron chi connectivity index (χ3n) is 3.82. The van der Waals surface area contributed by atoms with Gasteiger partial charge in [-0.2, -0.15) is 0 Å². The second kappa shape index (κ2) is 5.35. The highest BCUT2D eigenvalue weighted by molar-refractivity contribution is 8.13.